The standard InChI is InChI=1S/C23H26FN3O3/c1-2-11-25-23(30)26-12-19-22(20(14-28)27(19)21(29)13-26)17-5-3-15(4-6-17)16-7-9-18(24)10-8-16/h3-10,19-20,22,28H,2,11-14H2,1H3,(H,25,30)/t19-,20+,22-/m0/s1. The normalized spacial score (nSPS) is 23.0. The monoisotopic (exact) mass is 411 g/mol. The highest BCUT2D eigenvalue weighted by molar-refractivity contribution is 5.87. The van der Waals surface area contributed by atoms with Crippen LogP contribution in [0.4, 0.5) is 9.18 Å². The number of amides is 3. The number of rotatable bonds is 5. The van der Waals surface area contributed by atoms with Gasteiger partial charge in [0.05, 0.1) is 18.7 Å². The molecular weight excluding hydrogens is 385 g/mol. The summed E-state index contributed by atoms with van der Waals surface area (Å²) >= 11 is 0. The van der Waals surface area contributed by atoms with Gasteiger partial charge in [-0.2, -0.15) is 0 Å². The van der Waals surface area contributed by atoms with E-state index in [2.05, 4.69) is 5.32 Å². The SMILES string of the molecule is CCCNC(=O)N1CC(=O)N2[C@H](CO)[C@@H](c3ccc(-c4ccc(F)cc4)cc3)[C@@H]2C1. The number of fused-ring (bicyclic) bond motifs is 1. The molecule has 3 amide bonds. The quantitative estimate of drug-likeness (QED) is 0.794. The molecule has 4 rings (SSSR count). The topological polar surface area (TPSA) is 72.9 Å². The number of nitrogens with one attached hydrogen (secondary N) is 1. The second-order valence-electron chi connectivity index (χ2n) is 7.89. The summed E-state index contributed by atoms with van der Waals surface area (Å²) in [7, 11) is 0. The van der Waals surface area contributed by atoms with Crippen molar-refractivity contribution in [3.8, 4) is 11.1 Å². The first-order valence-corrected chi connectivity index (χ1v) is 10.3. The van der Waals surface area contributed by atoms with Gasteiger partial charge >= 0.3 is 6.03 Å². The molecule has 0 radical (unpaired) electrons. The third-order valence-corrected chi connectivity index (χ3v) is 6.04. The van der Waals surface area contributed by atoms with Gasteiger partial charge in [0, 0.05) is 19.0 Å². The molecule has 0 aromatic heterocycles. The van der Waals surface area contributed by atoms with E-state index in [1.54, 1.807) is 21.9 Å². The van der Waals surface area contributed by atoms with E-state index in [0.29, 0.717) is 13.1 Å². The fraction of sp³-hybridized carbons (Fsp3) is 0.391. The second kappa shape index (κ2) is 8.44. The maximum absolute atomic E-state index is 13.2. The fourth-order valence-corrected chi connectivity index (χ4v) is 4.54. The van der Waals surface area contributed by atoms with Crippen LogP contribution in [-0.2, 0) is 4.79 Å². The van der Waals surface area contributed by atoms with Gasteiger partial charge in [-0.3, -0.25) is 4.79 Å². The van der Waals surface area contributed by atoms with Gasteiger partial charge in [-0.15, -0.1) is 0 Å². The Kier molecular flexibility index (Phi) is 5.72. The first-order valence-electron chi connectivity index (χ1n) is 10.3. The summed E-state index contributed by atoms with van der Waals surface area (Å²) in [5, 5.41) is 12.7. The Hall–Kier alpha value is -2.93. The number of aliphatic hydroxyl groups excluding tert-OH is 1. The van der Waals surface area contributed by atoms with Crippen LogP contribution in [0.15, 0.2) is 48.5 Å². The lowest BCUT2D eigenvalue weighted by atomic mass is 9.73. The highest BCUT2D eigenvalue weighted by Crippen LogP contribution is 2.43. The fourth-order valence-electron chi connectivity index (χ4n) is 4.54. The molecule has 158 valence electrons. The predicted octanol–water partition coefficient (Wildman–Crippen LogP) is 2.58. The van der Waals surface area contributed by atoms with Crippen LogP contribution in [0.1, 0.15) is 24.8 Å². The molecule has 0 aliphatic carbocycles. The van der Waals surface area contributed by atoms with Crippen molar-refractivity contribution in [2.75, 3.05) is 26.2 Å². The first kappa shape index (κ1) is 20.3. The molecule has 2 fully saturated rings. The van der Waals surface area contributed by atoms with Gasteiger partial charge < -0.3 is 20.2 Å². The van der Waals surface area contributed by atoms with Crippen LogP contribution in [0.25, 0.3) is 11.1 Å². The summed E-state index contributed by atoms with van der Waals surface area (Å²) in [6.45, 7) is 2.92. The number of halogens is 1. The number of hydrogen-bond acceptors (Lipinski definition) is 3. The minimum atomic E-state index is -0.278. The minimum absolute atomic E-state index is 0.0389. The molecule has 2 heterocycles. The van der Waals surface area contributed by atoms with Crippen molar-refractivity contribution in [3.05, 3.63) is 59.9 Å². The zero-order valence-electron chi connectivity index (χ0n) is 16.9. The van der Waals surface area contributed by atoms with Crippen molar-refractivity contribution in [2.45, 2.75) is 31.3 Å². The van der Waals surface area contributed by atoms with Gasteiger partial charge in [0.1, 0.15) is 12.4 Å². The summed E-state index contributed by atoms with van der Waals surface area (Å²) in [4.78, 5) is 28.3. The molecule has 2 N–H and O–H groups in total. The second-order valence-corrected chi connectivity index (χ2v) is 7.89. The van der Waals surface area contributed by atoms with Gasteiger partial charge in [0.15, 0.2) is 0 Å². The molecule has 2 aliphatic heterocycles. The molecule has 2 aromatic carbocycles. The molecule has 2 saturated heterocycles. The van der Waals surface area contributed by atoms with Crippen LogP contribution in [-0.4, -0.2) is 65.2 Å². The van der Waals surface area contributed by atoms with Crippen LogP contribution in [0.3, 0.4) is 0 Å². The van der Waals surface area contributed by atoms with Crippen molar-refractivity contribution in [1.82, 2.24) is 15.1 Å². The van der Waals surface area contributed by atoms with E-state index in [-0.39, 0.29) is 48.9 Å². The molecule has 0 bridgehead atoms. The zero-order chi connectivity index (χ0) is 21.3. The zero-order valence-corrected chi connectivity index (χ0v) is 16.9. The summed E-state index contributed by atoms with van der Waals surface area (Å²) in [6, 6.07) is 13.6. The van der Waals surface area contributed by atoms with Crippen molar-refractivity contribution in [1.29, 1.82) is 0 Å². The van der Waals surface area contributed by atoms with Crippen molar-refractivity contribution >= 4 is 11.9 Å². The molecular formula is C23H26FN3O3. The van der Waals surface area contributed by atoms with E-state index in [9.17, 15) is 19.1 Å². The van der Waals surface area contributed by atoms with Crippen LogP contribution in [0, 0.1) is 5.82 Å². The molecule has 0 spiro atoms. The lowest BCUT2D eigenvalue weighted by molar-refractivity contribution is -0.159. The number of nitrogens with zero attached hydrogens (tertiary/aromatic N) is 2. The van der Waals surface area contributed by atoms with Gasteiger partial charge in [-0.25, -0.2) is 9.18 Å². The van der Waals surface area contributed by atoms with Crippen LogP contribution in [0.5, 0.6) is 0 Å². The Morgan fingerprint density at radius 1 is 1.13 bits per heavy atom. The Labute approximate surface area is 175 Å². The van der Waals surface area contributed by atoms with E-state index in [1.807, 2.05) is 31.2 Å². The Balaban J connectivity index is 1.53. The largest absolute Gasteiger partial charge is 0.394 e. The number of carbonyl (C=O) groups is 2. The summed E-state index contributed by atoms with van der Waals surface area (Å²) in [6.07, 6.45) is 0.832. The van der Waals surface area contributed by atoms with Gasteiger partial charge in [-0.1, -0.05) is 43.3 Å². The number of urea groups is 1. The number of hydrogen-bond donors (Lipinski definition) is 2. The summed E-state index contributed by atoms with van der Waals surface area (Å²) in [5.41, 5.74) is 2.91. The van der Waals surface area contributed by atoms with E-state index >= 15 is 0 Å². The molecule has 3 atom stereocenters. The Morgan fingerprint density at radius 2 is 1.77 bits per heavy atom. The predicted molar refractivity (Wildman–Crippen MR) is 111 cm³/mol. The third kappa shape index (κ3) is 3.65. The van der Waals surface area contributed by atoms with Gasteiger partial charge in [0.2, 0.25) is 5.91 Å². The van der Waals surface area contributed by atoms with E-state index in [4.69, 9.17) is 0 Å². The number of benzene rings is 2. The first-order chi connectivity index (χ1) is 14.5. The Morgan fingerprint density at radius 3 is 2.37 bits per heavy atom. The van der Waals surface area contributed by atoms with Gasteiger partial charge in [-0.05, 0) is 35.2 Å². The highest BCUT2D eigenvalue weighted by atomic mass is 19.1. The van der Waals surface area contributed by atoms with E-state index in [1.165, 1.54) is 12.1 Å². The molecule has 6 nitrogen and oxygen atoms in total. The van der Waals surface area contributed by atoms with E-state index < -0.39 is 0 Å². The van der Waals surface area contributed by atoms with Crippen molar-refractivity contribution in [2.24, 2.45) is 0 Å². The maximum Gasteiger partial charge on any atom is 0.317 e. The molecule has 7 heteroatoms. The number of aliphatic hydroxyl groups is 1. The Bertz CT molecular complexity index is 916. The number of carbonyl (C=O) groups excluding carboxylic acids is 2. The lowest BCUT2D eigenvalue weighted by Crippen LogP contribution is -2.73. The molecule has 2 aromatic rings. The van der Waals surface area contributed by atoms with Crippen LogP contribution >= 0.6 is 0 Å². The summed E-state index contributed by atoms with van der Waals surface area (Å²) in [5.74, 6) is -0.440. The average Bonchev–Trinajstić information content (AvgIpc) is 2.74. The third-order valence-electron chi connectivity index (χ3n) is 6.04. The van der Waals surface area contributed by atoms with Crippen molar-refractivity contribution < 1.29 is 19.1 Å². The highest BCUT2D eigenvalue weighted by Gasteiger charge is 2.54. The molecule has 2 aliphatic rings. The number of piperazine rings is 1. The molecule has 0 unspecified atom stereocenters. The maximum atomic E-state index is 13.2. The minimum Gasteiger partial charge on any atom is -0.394 e. The average molecular weight is 411 g/mol. The van der Waals surface area contributed by atoms with Gasteiger partial charge in [0.25, 0.3) is 0 Å². The van der Waals surface area contributed by atoms with Crippen molar-refractivity contribution in [3.63, 3.8) is 0 Å². The summed E-state index contributed by atoms with van der Waals surface area (Å²) < 4.78 is 13.2. The van der Waals surface area contributed by atoms with E-state index in [0.717, 1.165) is 23.1 Å². The molecule has 30 heavy (non-hydrogen) atoms. The molecule has 0 saturated carbocycles. The van der Waals surface area contributed by atoms with Crippen LogP contribution < -0.4 is 5.32 Å². The van der Waals surface area contributed by atoms with Crippen LogP contribution in [0.2, 0.25) is 0 Å². The smallest absolute Gasteiger partial charge is 0.317 e. The lowest BCUT2D eigenvalue weighted by Gasteiger charge is -2.58.